The number of nitrogens with zero attached hydrogens (tertiary/aromatic N) is 1. The first-order valence-electron chi connectivity index (χ1n) is 7.22. The van der Waals surface area contributed by atoms with Crippen LogP contribution >= 0.6 is 34.7 Å². The maximum Gasteiger partial charge on any atom is 0.263 e. The standard InChI is InChI=1S/C16H15ClN2O2S3/c1-3-22-16-18-13-8-7-11(9-14(13)23-16)19-24(20,21)15-10(2)5-4-6-12(15)17/h4-9,19H,3H2,1-2H3. The summed E-state index contributed by atoms with van der Waals surface area (Å²) < 4.78 is 29.9. The van der Waals surface area contributed by atoms with Crippen LogP contribution in [0.1, 0.15) is 12.5 Å². The predicted octanol–water partition coefficient (Wildman–Crippen LogP) is 5.17. The Hall–Kier alpha value is -1.28. The van der Waals surface area contributed by atoms with Crippen LogP contribution in [0.5, 0.6) is 0 Å². The van der Waals surface area contributed by atoms with Crippen molar-refractivity contribution in [3.8, 4) is 0 Å². The molecule has 0 amide bonds. The highest BCUT2D eigenvalue weighted by Gasteiger charge is 2.20. The molecule has 0 bridgehead atoms. The maximum absolute atomic E-state index is 12.7. The highest BCUT2D eigenvalue weighted by Crippen LogP contribution is 2.32. The van der Waals surface area contributed by atoms with Crippen molar-refractivity contribution < 1.29 is 8.42 Å². The number of anilines is 1. The lowest BCUT2D eigenvalue weighted by molar-refractivity contribution is 0.600. The van der Waals surface area contributed by atoms with Gasteiger partial charge < -0.3 is 0 Å². The minimum atomic E-state index is -3.75. The van der Waals surface area contributed by atoms with E-state index in [1.807, 2.05) is 6.07 Å². The van der Waals surface area contributed by atoms with Crippen molar-refractivity contribution in [2.24, 2.45) is 0 Å². The number of aromatic nitrogens is 1. The molecule has 2 aromatic carbocycles. The summed E-state index contributed by atoms with van der Waals surface area (Å²) in [6, 6.07) is 10.4. The summed E-state index contributed by atoms with van der Waals surface area (Å²) in [5.41, 5.74) is 1.97. The second-order valence-electron chi connectivity index (χ2n) is 5.09. The minimum Gasteiger partial charge on any atom is -0.280 e. The van der Waals surface area contributed by atoms with Gasteiger partial charge in [0.15, 0.2) is 4.34 Å². The molecule has 24 heavy (non-hydrogen) atoms. The van der Waals surface area contributed by atoms with E-state index in [1.165, 1.54) is 0 Å². The Morgan fingerprint density at radius 1 is 1.29 bits per heavy atom. The van der Waals surface area contributed by atoms with Gasteiger partial charge in [-0.2, -0.15) is 0 Å². The van der Waals surface area contributed by atoms with Gasteiger partial charge in [-0.05, 0) is 42.5 Å². The van der Waals surface area contributed by atoms with E-state index in [2.05, 4.69) is 16.6 Å². The molecule has 126 valence electrons. The smallest absolute Gasteiger partial charge is 0.263 e. The molecule has 3 aromatic rings. The number of aryl methyl sites for hydroxylation is 1. The normalized spacial score (nSPS) is 11.8. The summed E-state index contributed by atoms with van der Waals surface area (Å²) in [6.45, 7) is 3.79. The van der Waals surface area contributed by atoms with Crippen LogP contribution in [0.15, 0.2) is 45.6 Å². The molecule has 0 saturated heterocycles. The Morgan fingerprint density at radius 2 is 2.08 bits per heavy atom. The molecular weight excluding hydrogens is 384 g/mol. The lowest BCUT2D eigenvalue weighted by Crippen LogP contribution is -2.14. The number of thiazole rings is 1. The fourth-order valence-electron chi connectivity index (χ4n) is 2.32. The Kier molecular flexibility index (Phi) is 5.05. The Morgan fingerprint density at radius 3 is 2.79 bits per heavy atom. The van der Waals surface area contributed by atoms with Gasteiger partial charge in [-0.1, -0.05) is 42.4 Å². The van der Waals surface area contributed by atoms with E-state index in [1.54, 1.807) is 60.4 Å². The average Bonchev–Trinajstić information content (AvgIpc) is 2.88. The number of halogens is 1. The van der Waals surface area contributed by atoms with Crippen molar-refractivity contribution in [3.63, 3.8) is 0 Å². The molecule has 0 unspecified atom stereocenters. The molecule has 1 heterocycles. The number of hydrogen-bond donors (Lipinski definition) is 1. The van der Waals surface area contributed by atoms with Crippen molar-refractivity contribution in [1.29, 1.82) is 0 Å². The van der Waals surface area contributed by atoms with Crippen LogP contribution in [0.3, 0.4) is 0 Å². The molecule has 1 aromatic heterocycles. The van der Waals surface area contributed by atoms with Gasteiger partial charge in [0.05, 0.1) is 20.9 Å². The van der Waals surface area contributed by atoms with Crippen LogP contribution in [0.2, 0.25) is 5.02 Å². The highest BCUT2D eigenvalue weighted by atomic mass is 35.5. The van der Waals surface area contributed by atoms with Gasteiger partial charge in [0.1, 0.15) is 4.90 Å². The van der Waals surface area contributed by atoms with Crippen LogP contribution < -0.4 is 4.72 Å². The van der Waals surface area contributed by atoms with Crippen molar-refractivity contribution >= 4 is 60.6 Å². The van der Waals surface area contributed by atoms with Crippen LogP contribution in [0.25, 0.3) is 10.2 Å². The summed E-state index contributed by atoms with van der Waals surface area (Å²) in [5, 5.41) is 0.211. The highest BCUT2D eigenvalue weighted by molar-refractivity contribution is 8.01. The van der Waals surface area contributed by atoms with E-state index < -0.39 is 10.0 Å². The molecule has 0 atom stereocenters. The second kappa shape index (κ2) is 6.92. The van der Waals surface area contributed by atoms with E-state index in [0.29, 0.717) is 11.3 Å². The zero-order chi connectivity index (χ0) is 17.3. The van der Waals surface area contributed by atoms with E-state index in [4.69, 9.17) is 11.6 Å². The van der Waals surface area contributed by atoms with Crippen molar-refractivity contribution in [2.45, 2.75) is 23.1 Å². The largest absolute Gasteiger partial charge is 0.280 e. The lowest BCUT2D eigenvalue weighted by Gasteiger charge is -2.11. The topological polar surface area (TPSA) is 59.1 Å². The van der Waals surface area contributed by atoms with Gasteiger partial charge in [0.25, 0.3) is 10.0 Å². The van der Waals surface area contributed by atoms with E-state index in [0.717, 1.165) is 20.3 Å². The van der Waals surface area contributed by atoms with E-state index in [9.17, 15) is 8.42 Å². The third-order valence-electron chi connectivity index (χ3n) is 3.32. The van der Waals surface area contributed by atoms with Gasteiger partial charge >= 0.3 is 0 Å². The number of thioether (sulfide) groups is 1. The quantitative estimate of drug-likeness (QED) is 0.602. The number of nitrogens with one attached hydrogen (secondary N) is 1. The maximum atomic E-state index is 12.7. The summed E-state index contributed by atoms with van der Waals surface area (Å²) in [6.07, 6.45) is 0. The number of rotatable bonds is 5. The monoisotopic (exact) mass is 398 g/mol. The van der Waals surface area contributed by atoms with Gasteiger partial charge in [0.2, 0.25) is 0 Å². The molecule has 0 saturated carbocycles. The second-order valence-corrected chi connectivity index (χ2v) is 9.65. The summed E-state index contributed by atoms with van der Waals surface area (Å²) >= 11 is 9.31. The van der Waals surface area contributed by atoms with Crippen molar-refractivity contribution in [1.82, 2.24) is 4.98 Å². The summed E-state index contributed by atoms with van der Waals surface area (Å²) in [4.78, 5) is 4.62. The SMILES string of the molecule is CCSc1nc2ccc(NS(=O)(=O)c3c(C)cccc3Cl)cc2s1. The van der Waals surface area contributed by atoms with Gasteiger partial charge in [-0.25, -0.2) is 13.4 Å². The zero-order valence-electron chi connectivity index (χ0n) is 13.0. The van der Waals surface area contributed by atoms with Crippen molar-refractivity contribution in [3.05, 3.63) is 47.0 Å². The summed E-state index contributed by atoms with van der Waals surface area (Å²) in [5.74, 6) is 0.949. The Bertz CT molecular complexity index is 979. The van der Waals surface area contributed by atoms with Gasteiger partial charge in [-0.15, -0.1) is 11.3 Å². The number of benzene rings is 2. The van der Waals surface area contributed by atoms with E-state index in [-0.39, 0.29) is 9.92 Å². The average molecular weight is 399 g/mol. The fourth-order valence-corrected chi connectivity index (χ4v) is 6.20. The molecule has 0 aliphatic carbocycles. The fraction of sp³-hybridized carbons (Fsp3) is 0.188. The van der Waals surface area contributed by atoms with Gasteiger partial charge in [0, 0.05) is 0 Å². The summed E-state index contributed by atoms with van der Waals surface area (Å²) in [7, 11) is -3.75. The van der Waals surface area contributed by atoms with Crippen LogP contribution in [-0.2, 0) is 10.0 Å². The molecule has 3 rings (SSSR count). The molecule has 1 N–H and O–H groups in total. The third-order valence-corrected chi connectivity index (χ3v) is 7.38. The van der Waals surface area contributed by atoms with Crippen LogP contribution in [0, 0.1) is 6.92 Å². The molecule has 0 radical (unpaired) electrons. The van der Waals surface area contributed by atoms with E-state index >= 15 is 0 Å². The zero-order valence-corrected chi connectivity index (χ0v) is 16.2. The molecule has 0 fully saturated rings. The minimum absolute atomic E-state index is 0.110. The molecule has 0 spiro atoms. The first-order chi connectivity index (χ1) is 11.4. The number of hydrogen-bond acceptors (Lipinski definition) is 5. The lowest BCUT2D eigenvalue weighted by atomic mass is 10.2. The van der Waals surface area contributed by atoms with Gasteiger partial charge in [-0.3, -0.25) is 4.72 Å². The number of sulfonamides is 1. The van der Waals surface area contributed by atoms with Crippen LogP contribution in [-0.4, -0.2) is 19.2 Å². The Labute approximate surface area is 154 Å². The molecule has 0 aliphatic heterocycles. The molecule has 0 aliphatic rings. The third kappa shape index (κ3) is 3.54. The number of fused-ring (bicyclic) bond motifs is 1. The first kappa shape index (κ1) is 17.5. The van der Waals surface area contributed by atoms with Crippen LogP contribution in [0.4, 0.5) is 5.69 Å². The predicted molar refractivity (Wildman–Crippen MR) is 103 cm³/mol. The Balaban J connectivity index is 1.96. The molecular formula is C16H15ClN2O2S3. The molecule has 8 heteroatoms. The van der Waals surface area contributed by atoms with Crippen molar-refractivity contribution in [2.75, 3.05) is 10.5 Å². The molecule has 4 nitrogen and oxygen atoms in total. The first-order valence-corrected chi connectivity index (χ1v) is 10.9.